The molecular formula is C9H15NO3S. The van der Waals surface area contributed by atoms with Crippen molar-refractivity contribution in [3.8, 4) is 0 Å². The van der Waals surface area contributed by atoms with E-state index in [-0.39, 0.29) is 25.0 Å². The van der Waals surface area contributed by atoms with Gasteiger partial charge in [-0.3, -0.25) is 14.5 Å². The van der Waals surface area contributed by atoms with E-state index in [1.165, 1.54) is 4.90 Å². The van der Waals surface area contributed by atoms with Gasteiger partial charge in [0.1, 0.15) is 13.2 Å². The largest absolute Gasteiger partial charge is 0.362 e. The Morgan fingerprint density at radius 1 is 1.14 bits per heavy atom. The average molecular weight is 217 g/mol. The van der Waals surface area contributed by atoms with Crippen molar-refractivity contribution in [2.45, 2.75) is 19.3 Å². The third-order valence-electron chi connectivity index (χ3n) is 2.09. The lowest BCUT2D eigenvalue weighted by molar-refractivity contribution is -0.158. The molecule has 2 amide bonds. The van der Waals surface area contributed by atoms with Crippen molar-refractivity contribution in [3.05, 3.63) is 0 Å². The minimum Gasteiger partial charge on any atom is -0.362 e. The summed E-state index contributed by atoms with van der Waals surface area (Å²) in [6.07, 6.45) is 2.88. The Morgan fingerprint density at radius 2 is 1.79 bits per heavy atom. The lowest BCUT2D eigenvalue weighted by Crippen LogP contribution is -2.46. The molecule has 80 valence electrons. The fraction of sp³-hybridized carbons (Fsp3) is 0.778. The standard InChI is InChI=1S/C9H15NO3S/c11-8-6-13-7-9(12)10(8)4-2-1-3-5-14/h14H,1-7H2. The SMILES string of the molecule is O=C1COCC(=O)N1CCCCCS. The monoisotopic (exact) mass is 217 g/mol. The Morgan fingerprint density at radius 3 is 2.36 bits per heavy atom. The number of carbonyl (C=O) groups excluding carboxylic acids is 2. The van der Waals surface area contributed by atoms with Crippen LogP contribution in [-0.2, 0) is 14.3 Å². The van der Waals surface area contributed by atoms with Crippen molar-refractivity contribution in [2.24, 2.45) is 0 Å². The van der Waals surface area contributed by atoms with Gasteiger partial charge in [-0.15, -0.1) is 0 Å². The molecule has 1 aliphatic rings. The quantitative estimate of drug-likeness (QED) is 0.414. The summed E-state index contributed by atoms with van der Waals surface area (Å²) >= 11 is 4.09. The van der Waals surface area contributed by atoms with E-state index in [0.29, 0.717) is 6.54 Å². The van der Waals surface area contributed by atoms with Crippen LogP contribution in [0.15, 0.2) is 0 Å². The van der Waals surface area contributed by atoms with Gasteiger partial charge < -0.3 is 4.74 Å². The van der Waals surface area contributed by atoms with Crippen molar-refractivity contribution in [3.63, 3.8) is 0 Å². The molecule has 0 bridgehead atoms. The van der Waals surface area contributed by atoms with Crippen LogP contribution in [0.1, 0.15) is 19.3 Å². The zero-order valence-corrected chi connectivity index (χ0v) is 8.96. The minimum absolute atomic E-state index is 0.0400. The molecule has 0 unspecified atom stereocenters. The smallest absolute Gasteiger partial charge is 0.255 e. The maximum atomic E-state index is 11.2. The van der Waals surface area contributed by atoms with E-state index < -0.39 is 0 Å². The second-order valence-electron chi connectivity index (χ2n) is 3.22. The van der Waals surface area contributed by atoms with Gasteiger partial charge in [-0.05, 0) is 18.6 Å². The Labute approximate surface area is 89.0 Å². The van der Waals surface area contributed by atoms with Crippen LogP contribution in [0.3, 0.4) is 0 Å². The number of rotatable bonds is 5. The highest BCUT2D eigenvalue weighted by Gasteiger charge is 2.25. The van der Waals surface area contributed by atoms with Gasteiger partial charge in [-0.25, -0.2) is 0 Å². The fourth-order valence-electron chi connectivity index (χ4n) is 1.33. The van der Waals surface area contributed by atoms with Gasteiger partial charge in [-0.2, -0.15) is 12.6 Å². The van der Waals surface area contributed by atoms with Crippen LogP contribution in [0.2, 0.25) is 0 Å². The van der Waals surface area contributed by atoms with Gasteiger partial charge in [0.15, 0.2) is 0 Å². The van der Waals surface area contributed by atoms with Crippen LogP contribution in [0, 0.1) is 0 Å². The highest BCUT2D eigenvalue weighted by atomic mass is 32.1. The maximum absolute atomic E-state index is 11.2. The Kier molecular flexibility index (Phi) is 4.97. The number of imide groups is 1. The normalized spacial score (nSPS) is 17.6. The zero-order chi connectivity index (χ0) is 10.4. The van der Waals surface area contributed by atoms with Crippen LogP contribution in [0.4, 0.5) is 0 Å². The first-order valence-corrected chi connectivity index (χ1v) is 5.40. The van der Waals surface area contributed by atoms with Crippen LogP contribution in [-0.4, -0.2) is 42.2 Å². The van der Waals surface area contributed by atoms with Crippen molar-refractivity contribution < 1.29 is 14.3 Å². The van der Waals surface area contributed by atoms with E-state index in [0.717, 1.165) is 25.0 Å². The number of unbranched alkanes of at least 4 members (excludes halogenated alkanes) is 2. The molecule has 0 spiro atoms. The summed E-state index contributed by atoms with van der Waals surface area (Å²) in [6.45, 7) is 0.603. The number of thiol groups is 1. The molecule has 0 saturated carbocycles. The van der Waals surface area contributed by atoms with Gasteiger partial charge >= 0.3 is 0 Å². The first-order chi connectivity index (χ1) is 6.75. The molecule has 14 heavy (non-hydrogen) atoms. The number of carbonyl (C=O) groups is 2. The van der Waals surface area contributed by atoms with E-state index in [1.807, 2.05) is 0 Å². The first kappa shape index (κ1) is 11.5. The van der Waals surface area contributed by atoms with Crippen molar-refractivity contribution in [1.29, 1.82) is 0 Å². The summed E-state index contributed by atoms with van der Waals surface area (Å²) in [5, 5.41) is 0. The first-order valence-electron chi connectivity index (χ1n) is 4.77. The molecule has 1 saturated heterocycles. The predicted octanol–water partition coefficient (Wildman–Crippen LogP) is 0.472. The molecule has 0 aromatic heterocycles. The lowest BCUT2D eigenvalue weighted by atomic mass is 10.2. The third-order valence-corrected chi connectivity index (χ3v) is 2.41. The van der Waals surface area contributed by atoms with Crippen molar-refractivity contribution in [1.82, 2.24) is 4.90 Å². The summed E-state index contributed by atoms with van der Waals surface area (Å²) < 4.78 is 4.80. The summed E-state index contributed by atoms with van der Waals surface area (Å²) in [6, 6.07) is 0. The summed E-state index contributed by atoms with van der Waals surface area (Å²) in [5.74, 6) is 0.421. The minimum atomic E-state index is -0.216. The van der Waals surface area contributed by atoms with Crippen LogP contribution in [0.5, 0.6) is 0 Å². The van der Waals surface area contributed by atoms with Gasteiger partial charge in [0.25, 0.3) is 11.8 Å². The highest BCUT2D eigenvalue weighted by molar-refractivity contribution is 7.80. The van der Waals surface area contributed by atoms with Crippen molar-refractivity contribution in [2.75, 3.05) is 25.5 Å². The maximum Gasteiger partial charge on any atom is 0.255 e. The number of amides is 2. The second-order valence-corrected chi connectivity index (χ2v) is 3.66. The number of hydrogen-bond donors (Lipinski definition) is 1. The summed E-state index contributed by atoms with van der Waals surface area (Å²) in [7, 11) is 0. The number of nitrogens with zero attached hydrogens (tertiary/aromatic N) is 1. The fourth-order valence-corrected chi connectivity index (χ4v) is 1.55. The molecule has 0 aliphatic carbocycles. The van der Waals surface area contributed by atoms with E-state index in [4.69, 9.17) is 4.74 Å². The van der Waals surface area contributed by atoms with Crippen LogP contribution < -0.4 is 0 Å². The molecule has 0 atom stereocenters. The van der Waals surface area contributed by atoms with Gasteiger partial charge in [-0.1, -0.05) is 6.42 Å². The Bertz CT molecular complexity index is 204. The third kappa shape index (κ3) is 3.31. The molecule has 1 fully saturated rings. The highest BCUT2D eigenvalue weighted by Crippen LogP contribution is 2.05. The lowest BCUT2D eigenvalue weighted by Gasteiger charge is -2.24. The van der Waals surface area contributed by atoms with E-state index in [2.05, 4.69) is 12.6 Å². The number of morpholine rings is 1. The molecule has 0 aromatic carbocycles. The van der Waals surface area contributed by atoms with Crippen LogP contribution in [0.25, 0.3) is 0 Å². The van der Waals surface area contributed by atoms with Crippen molar-refractivity contribution >= 4 is 24.4 Å². The molecule has 0 aromatic rings. The molecule has 1 aliphatic heterocycles. The summed E-state index contributed by atoms with van der Waals surface area (Å²) in [5.41, 5.74) is 0. The molecule has 0 N–H and O–H groups in total. The number of ether oxygens (including phenoxy) is 1. The molecule has 5 heteroatoms. The average Bonchev–Trinajstić information content (AvgIpc) is 2.16. The molecule has 4 nitrogen and oxygen atoms in total. The van der Waals surface area contributed by atoms with Crippen LogP contribution >= 0.6 is 12.6 Å². The Balaban J connectivity index is 2.26. The second kappa shape index (κ2) is 6.03. The van der Waals surface area contributed by atoms with Gasteiger partial charge in [0.2, 0.25) is 0 Å². The molecular weight excluding hydrogens is 202 g/mol. The van der Waals surface area contributed by atoms with E-state index in [1.54, 1.807) is 0 Å². The molecule has 1 heterocycles. The molecule has 0 radical (unpaired) electrons. The number of hydrogen-bond acceptors (Lipinski definition) is 4. The topological polar surface area (TPSA) is 46.6 Å². The van der Waals surface area contributed by atoms with E-state index >= 15 is 0 Å². The van der Waals surface area contributed by atoms with Gasteiger partial charge in [0, 0.05) is 6.54 Å². The van der Waals surface area contributed by atoms with E-state index in [9.17, 15) is 9.59 Å². The summed E-state index contributed by atoms with van der Waals surface area (Å²) in [4.78, 5) is 23.8. The Hall–Kier alpha value is -0.550. The zero-order valence-electron chi connectivity index (χ0n) is 8.07. The molecule has 1 rings (SSSR count). The predicted molar refractivity (Wildman–Crippen MR) is 55.2 cm³/mol. The van der Waals surface area contributed by atoms with Gasteiger partial charge in [0.05, 0.1) is 0 Å².